The highest BCUT2D eigenvalue weighted by Gasteiger charge is 2.07. The van der Waals surface area contributed by atoms with Gasteiger partial charge < -0.3 is 4.98 Å². The first-order valence-corrected chi connectivity index (χ1v) is 6.14. The number of nitrogens with zero attached hydrogens (tertiary/aromatic N) is 2. The summed E-state index contributed by atoms with van der Waals surface area (Å²) in [6, 6.07) is 0. The summed E-state index contributed by atoms with van der Waals surface area (Å²) in [5.74, 6) is 0. The zero-order valence-electron chi connectivity index (χ0n) is 8.36. The molecule has 0 aliphatic heterocycles. The van der Waals surface area contributed by atoms with E-state index in [0.29, 0.717) is 4.47 Å². The van der Waals surface area contributed by atoms with Crippen LogP contribution in [0.4, 0.5) is 0 Å². The van der Waals surface area contributed by atoms with Gasteiger partial charge in [-0.25, -0.2) is 9.78 Å². The number of nitrogens with one attached hydrogen (secondary N) is 1. The number of rotatable bonds is 2. The molecule has 0 saturated heterocycles. The van der Waals surface area contributed by atoms with E-state index in [1.165, 1.54) is 17.5 Å². The lowest BCUT2D eigenvalue weighted by Crippen LogP contribution is -2.35. The molecule has 7 heteroatoms. The summed E-state index contributed by atoms with van der Waals surface area (Å²) < 4.78 is 1.45. The Morgan fingerprint density at radius 2 is 2.31 bits per heavy atom. The Kier molecular flexibility index (Phi) is 3.06. The van der Waals surface area contributed by atoms with Crippen molar-refractivity contribution in [2.24, 2.45) is 0 Å². The molecule has 0 bridgehead atoms. The molecule has 0 radical (unpaired) electrons. The van der Waals surface area contributed by atoms with Crippen molar-refractivity contribution in [3.63, 3.8) is 0 Å². The number of aromatic amines is 1. The van der Waals surface area contributed by atoms with Crippen LogP contribution in [0.1, 0.15) is 10.7 Å². The van der Waals surface area contributed by atoms with E-state index >= 15 is 0 Å². The Labute approximate surface area is 103 Å². The molecular formula is C9H8BrN3O2S. The SMILES string of the molecule is Cc1csc(Cn2c(=O)[nH]cc(Br)c2=O)n1. The maximum Gasteiger partial charge on any atom is 0.328 e. The van der Waals surface area contributed by atoms with Gasteiger partial charge in [0.15, 0.2) is 0 Å². The van der Waals surface area contributed by atoms with Crippen molar-refractivity contribution in [3.8, 4) is 0 Å². The molecule has 84 valence electrons. The van der Waals surface area contributed by atoms with Crippen LogP contribution in [0.25, 0.3) is 0 Å². The maximum absolute atomic E-state index is 11.7. The maximum atomic E-state index is 11.7. The smallest absolute Gasteiger partial charge is 0.313 e. The average Bonchev–Trinajstić information content (AvgIpc) is 2.65. The first-order valence-electron chi connectivity index (χ1n) is 4.47. The Morgan fingerprint density at radius 3 is 2.94 bits per heavy atom. The summed E-state index contributed by atoms with van der Waals surface area (Å²) in [4.78, 5) is 29.8. The Hall–Kier alpha value is -1.21. The quantitative estimate of drug-likeness (QED) is 0.903. The van der Waals surface area contributed by atoms with E-state index in [0.717, 1.165) is 15.3 Å². The second-order valence-corrected chi connectivity index (χ2v) is 5.01. The molecule has 2 heterocycles. The number of thiazole rings is 1. The van der Waals surface area contributed by atoms with Crippen molar-refractivity contribution >= 4 is 27.3 Å². The van der Waals surface area contributed by atoms with Gasteiger partial charge in [-0.2, -0.15) is 0 Å². The van der Waals surface area contributed by atoms with Crippen molar-refractivity contribution in [1.29, 1.82) is 0 Å². The highest BCUT2D eigenvalue weighted by molar-refractivity contribution is 9.10. The molecule has 2 aromatic heterocycles. The lowest BCUT2D eigenvalue weighted by molar-refractivity contribution is 0.689. The number of hydrogen-bond acceptors (Lipinski definition) is 4. The zero-order valence-corrected chi connectivity index (χ0v) is 10.8. The van der Waals surface area contributed by atoms with E-state index in [2.05, 4.69) is 25.9 Å². The first kappa shape index (κ1) is 11.3. The fraction of sp³-hybridized carbons (Fsp3) is 0.222. The summed E-state index contributed by atoms with van der Waals surface area (Å²) in [5, 5.41) is 2.62. The van der Waals surface area contributed by atoms with Crippen LogP contribution >= 0.6 is 27.3 Å². The molecule has 0 fully saturated rings. The zero-order chi connectivity index (χ0) is 11.7. The van der Waals surface area contributed by atoms with Gasteiger partial charge in [0.1, 0.15) is 5.01 Å². The van der Waals surface area contributed by atoms with E-state index < -0.39 is 5.69 Å². The van der Waals surface area contributed by atoms with Crippen molar-refractivity contribution in [2.75, 3.05) is 0 Å². The molecule has 0 unspecified atom stereocenters. The second-order valence-electron chi connectivity index (χ2n) is 3.22. The fourth-order valence-corrected chi connectivity index (χ4v) is 2.33. The molecule has 0 amide bonds. The normalized spacial score (nSPS) is 10.6. The standard InChI is InChI=1S/C9H8BrN3O2S/c1-5-4-16-7(12-5)3-13-8(14)6(10)2-11-9(13)15/h2,4H,3H2,1H3,(H,11,15). The molecule has 2 rings (SSSR count). The van der Waals surface area contributed by atoms with Crippen LogP contribution in [0.3, 0.4) is 0 Å². The molecule has 2 aromatic rings. The Bertz CT molecular complexity index is 628. The van der Waals surface area contributed by atoms with Crippen molar-refractivity contribution in [3.05, 3.63) is 47.6 Å². The minimum atomic E-state index is -0.430. The summed E-state index contributed by atoms with van der Waals surface area (Å²) in [6.45, 7) is 2.07. The minimum Gasteiger partial charge on any atom is -0.313 e. The van der Waals surface area contributed by atoms with Crippen molar-refractivity contribution in [1.82, 2.24) is 14.5 Å². The number of halogens is 1. The number of hydrogen-bond donors (Lipinski definition) is 1. The Balaban J connectivity index is 2.46. The third-order valence-electron chi connectivity index (χ3n) is 1.98. The Morgan fingerprint density at radius 1 is 1.56 bits per heavy atom. The lowest BCUT2D eigenvalue weighted by atomic mass is 10.5. The lowest BCUT2D eigenvalue weighted by Gasteiger charge is -2.01. The number of H-pyrrole nitrogens is 1. The summed E-state index contributed by atoms with van der Waals surface area (Å²) >= 11 is 4.51. The van der Waals surface area contributed by atoms with Crippen LogP contribution in [0.2, 0.25) is 0 Å². The van der Waals surface area contributed by atoms with Crippen LogP contribution in [-0.4, -0.2) is 14.5 Å². The van der Waals surface area contributed by atoms with Crippen molar-refractivity contribution in [2.45, 2.75) is 13.5 Å². The predicted octanol–water partition coefficient (Wildman–Crippen LogP) is 1.11. The van der Waals surface area contributed by atoms with E-state index in [-0.39, 0.29) is 12.1 Å². The molecule has 0 aromatic carbocycles. The van der Waals surface area contributed by atoms with Gasteiger partial charge >= 0.3 is 5.69 Å². The van der Waals surface area contributed by atoms with Gasteiger partial charge in [-0.1, -0.05) is 0 Å². The molecular weight excluding hydrogens is 294 g/mol. The van der Waals surface area contributed by atoms with Crippen LogP contribution in [0.15, 0.2) is 25.6 Å². The topological polar surface area (TPSA) is 67.8 Å². The molecule has 5 nitrogen and oxygen atoms in total. The van der Waals surface area contributed by atoms with E-state index in [4.69, 9.17) is 0 Å². The van der Waals surface area contributed by atoms with Gasteiger partial charge in [-0.05, 0) is 22.9 Å². The monoisotopic (exact) mass is 301 g/mol. The van der Waals surface area contributed by atoms with Crippen LogP contribution in [0.5, 0.6) is 0 Å². The highest BCUT2D eigenvalue weighted by atomic mass is 79.9. The molecule has 16 heavy (non-hydrogen) atoms. The van der Waals surface area contributed by atoms with Gasteiger partial charge in [0.2, 0.25) is 0 Å². The largest absolute Gasteiger partial charge is 0.328 e. The van der Waals surface area contributed by atoms with E-state index in [1.807, 2.05) is 12.3 Å². The van der Waals surface area contributed by atoms with Gasteiger partial charge in [-0.3, -0.25) is 9.36 Å². The van der Waals surface area contributed by atoms with Gasteiger partial charge in [-0.15, -0.1) is 11.3 Å². The molecule has 0 spiro atoms. The third kappa shape index (κ3) is 2.14. The molecule has 0 atom stereocenters. The summed E-state index contributed by atoms with van der Waals surface area (Å²) in [6.07, 6.45) is 1.34. The first-order chi connectivity index (χ1) is 7.58. The highest BCUT2D eigenvalue weighted by Crippen LogP contribution is 2.09. The fourth-order valence-electron chi connectivity index (χ4n) is 1.24. The third-order valence-corrected chi connectivity index (χ3v) is 3.50. The van der Waals surface area contributed by atoms with Crippen LogP contribution < -0.4 is 11.2 Å². The summed E-state index contributed by atoms with van der Waals surface area (Å²) in [5.41, 5.74) is 0.108. The van der Waals surface area contributed by atoms with Crippen LogP contribution in [-0.2, 0) is 6.54 Å². The second kappa shape index (κ2) is 4.34. The number of aromatic nitrogens is 3. The number of aryl methyl sites for hydroxylation is 1. The van der Waals surface area contributed by atoms with E-state index in [9.17, 15) is 9.59 Å². The van der Waals surface area contributed by atoms with E-state index in [1.54, 1.807) is 0 Å². The summed E-state index contributed by atoms with van der Waals surface area (Å²) in [7, 11) is 0. The average molecular weight is 302 g/mol. The van der Waals surface area contributed by atoms with Crippen LogP contribution in [0, 0.1) is 6.92 Å². The molecule has 0 aliphatic rings. The minimum absolute atomic E-state index is 0.201. The molecule has 1 N–H and O–H groups in total. The van der Waals surface area contributed by atoms with Crippen molar-refractivity contribution < 1.29 is 0 Å². The van der Waals surface area contributed by atoms with Gasteiger partial charge in [0.05, 0.1) is 11.0 Å². The van der Waals surface area contributed by atoms with Gasteiger partial charge in [0, 0.05) is 17.3 Å². The molecule has 0 aliphatic carbocycles. The predicted molar refractivity (Wildman–Crippen MR) is 65.0 cm³/mol. The van der Waals surface area contributed by atoms with Gasteiger partial charge in [0.25, 0.3) is 5.56 Å². The molecule has 0 saturated carbocycles.